The maximum Gasteiger partial charge on any atom is 0.172 e. The van der Waals surface area contributed by atoms with Crippen LogP contribution in [0.15, 0.2) is 30.3 Å². The van der Waals surface area contributed by atoms with Crippen LogP contribution in [-0.2, 0) is 0 Å². The summed E-state index contributed by atoms with van der Waals surface area (Å²) in [6, 6.07) is 11.5. The number of fused-ring (bicyclic) bond motifs is 3. The van der Waals surface area contributed by atoms with E-state index in [-0.39, 0.29) is 5.75 Å². The minimum absolute atomic E-state index is 0.249. The third-order valence-electron chi connectivity index (χ3n) is 10.6. The second kappa shape index (κ2) is 11.8. The number of likely N-dealkylation sites (tertiary alicyclic amines) is 2. The molecule has 0 amide bonds. The predicted molar refractivity (Wildman–Crippen MR) is 161 cm³/mol. The zero-order valence-electron chi connectivity index (χ0n) is 24.1. The summed E-state index contributed by atoms with van der Waals surface area (Å²) in [5.41, 5.74) is 2.59. The Morgan fingerprint density at radius 1 is 0.775 bits per heavy atom. The van der Waals surface area contributed by atoms with Gasteiger partial charge in [-0.1, -0.05) is 18.6 Å². The zero-order chi connectivity index (χ0) is 26.9. The number of nitrogens with one attached hydrogen (secondary N) is 1. The largest absolute Gasteiger partial charge is 0.507 e. The molecule has 1 aromatic heterocycles. The van der Waals surface area contributed by atoms with E-state index in [0.717, 1.165) is 66.9 Å². The average Bonchev–Trinajstić information content (AvgIpc) is 3.02. The molecule has 0 bridgehead atoms. The van der Waals surface area contributed by atoms with Gasteiger partial charge in [-0.25, -0.2) is 0 Å². The number of phenols is 1. The first-order chi connectivity index (χ1) is 19.7. The molecule has 4 aliphatic heterocycles. The van der Waals surface area contributed by atoms with Gasteiger partial charge >= 0.3 is 0 Å². The Bertz CT molecular complexity index is 1140. The fourth-order valence-electron chi connectivity index (χ4n) is 8.26. The summed E-state index contributed by atoms with van der Waals surface area (Å²) in [6.45, 7) is 10.8. The molecule has 2 aromatic rings. The van der Waals surface area contributed by atoms with E-state index in [1.165, 1.54) is 90.5 Å². The summed E-state index contributed by atoms with van der Waals surface area (Å²) >= 11 is 0. The van der Waals surface area contributed by atoms with Crippen molar-refractivity contribution >= 4 is 11.5 Å². The second-order valence-corrected chi connectivity index (χ2v) is 13.0. The van der Waals surface area contributed by atoms with Gasteiger partial charge in [-0.3, -0.25) is 4.90 Å². The minimum Gasteiger partial charge on any atom is -0.507 e. The highest BCUT2D eigenvalue weighted by Crippen LogP contribution is 2.37. The van der Waals surface area contributed by atoms with Crippen molar-refractivity contribution in [2.24, 2.45) is 5.92 Å². The van der Waals surface area contributed by atoms with Crippen LogP contribution >= 0.6 is 0 Å². The molecular weight excluding hydrogens is 498 g/mol. The fraction of sp³-hybridized carbons (Fsp3) is 0.688. The number of piperidine rings is 2. The van der Waals surface area contributed by atoms with E-state index in [1.54, 1.807) is 6.07 Å². The van der Waals surface area contributed by atoms with Crippen LogP contribution in [-0.4, -0.2) is 107 Å². The number of aromatic hydroxyl groups is 1. The van der Waals surface area contributed by atoms with Gasteiger partial charge in [0.25, 0.3) is 0 Å². The van der Waals surface area contributed by atoms with Crippen LogP contribution in [0.3, 0.4) is 0 Å². The number of aromatic nitrogens is 2. The fourth-order valence-corrected chi connectivity index (χ4v) is 8.26. The second-order valence-electron chi connectivity index (χ2n) is 13.0. The predicted octanol–water partition coefficient (Wildman–Crippen LogP) is 4.27. The van der Waals surface area contributed by atoms with Crippen molar-refractivity contribution < 1.29 is 5.11 Å². The van der Waals surface area contributed by atoms with Crippen molar-refractivity contribution in [1.29, 1.82) is 0 Å². The van der Waals surface area contributed by atoms with Crippen LogP contribution in [0.4, 0.5) is 11.5 Å². The third-order valence-corrected chi connectivity index (χ3v) is 10.6. The van der Waals surface area contributed by atoms with Gasteiger partial charge in [-0.15, -0.1) is 10.2 Å². The third kappa shape index (κ3) is 5.55. The van der Waals surface area contributed by atoms with E-state index in [9.17, 15) is 5.11 Å². The molecule has 5 heterocycles. The summed E-state index contributed by atoms with van der Waals surface area (Å²) in [5.74, 6) is 2.04. The minimum atomic E-state index is 0.249. The van der Waals surface area contributed by atoms with Crippen molar-refractivity contribution in [2.45, 2.75) is 75.9 Å². The Labute approximate surface area is 239 Å². The van der Waals surface area contributed by atoms with Crippen molar-refractivity contribution in [1.82, 2.24) is 24.9 Å². The summed E-state index contributed by atoms with van der Waals surface area (Å²) in [6.07, 6.45) is 12.5. The number of anilines is 2. The lowest BCUT2D eigenvalue weighted by Gasteiger charge is -2.49. The number of piperazine rings is 1. The van der Waals surface area contributed by atoms with E-state index in [4.69, 9.17) is 0 Å². The van der Waals surface area contributed by atoms with E-state index in [1.807, 2.05) is 18.2 Å². The van der Waals surface area contributed by atoms with Crippen LogP contribution in [0, 0.1) is 5.92 Å². The van der Waals surface area contributed by atoms with Crippen LogP contribution < -0.4 is 10.2 Å². The van der Waals surface area contributed by atoms with Crippen molar-refractivity contribution in [3.05, 3.63) is 30.3 Å². The first-order valence-electron chi connectivity index (χ1n) is 16.1. The molecule has 0 unspecified atom stereocenters. The van der Waals surface area contributed by atoms with Crippen molar-refractivity contribution in [3.63, 3.8) is 0 Å². The van der Waals surface area contributed by atoms with Gasteiger partial charge in [-0.05, 0) is 102 Å². The Balaban J connectivity index is 0.908. The van der Waals surface area contributed by atoms with Crippen LogP contribution in [0.5, 0.6) is 5.75 Å². The van der Waals surface area contributed by atoms with Gasteiger partial charge in [0.2, 0.25) is 0 Å². The van der Waals surface area contributed by atoms with Crippen molar-refractivity contribution in [2.75, 3.05) is 69.1 Å². The monoisotopic (exact) mass is 545 g/mol. The molecule has 1 saturated carbocycles. The molecule has 2 N–H and O–H groups in total. The molecule has 0 spiro atoms. The molecule has 1 aliphatic carbocycles. The number of phenolic OH excluding ortho intramolecular Hbond substituents is 1. The van der Waals surface area contributed by atoms with Gasteiger partial charge in [0.15, 0.2) is 5.82 Å². The number of rotatable bonds is 5. The molecule has 40 heavy (non-hydrogen) atoms. The maximum absolute atomic E-state index is 10.3. The Kier molecular flexibility index (Phi) is 7.83. The molecule has 7 rings (SSSR count). The number of hydrogen-bond donors (Lipinski definition) is 2. The molecule has 8 heteroatoms. The summed E-state index contributed by atoms with van der Waals surface area (Å²) in [7, 11) is 0. The number of benzene rings is 1. The summed E-state index contributed by atoms with van der Waals surface area (Å²) in [5, 5.41) is 22.8. The van der Waals surface area contributed by atoms with Crippen LogP contribution in [0.2, 0.25) is 0 Å². The molecule has 3 saturated heterocycles. The van der Waals surface area contributed by atoms with Gasteiger partial charge in [-0.2, -0.15) is 0 Å². The number of para-hydroxylation sites is 1. The normalized spacial score (nSPS) is 29.0. The summed E-state index contributed by atoms with van der Waals surface area (Å²) in [4.78, 5) is 10.9. The summed E-state index contributed by atoms with van der Waals surface area (Å²) < 4.78 is 0. The maximum atomic E-state index is 10.3. The first-order valence-corrected chi connectivity index (χ1v) is 16.1. The van der Waals surface area contributed by atoms with E-state index < -0.39 is 0 Å². The SMILES string of the molecule is Oc1ccccc1-c1cc2c(nn1)NC[C@H]1CN(C3CCC(N4CCC(CN5CCCCC5)CC4)CC3)CCN21. The van der Waals surface area contributed by atoms with Crippen LogP contribution in [0.1, 0.15) is 57.8 Å². The van der Waals surface area contributed by atoms with Crippen LogP contribution in [0.25, 0.3) is 11.3 Å². The van der Waals surface area contributed by atoms with Crippen molar-refractivity contribution in [3.8, 4) is 17.0 Å². The topological polar surface area (TPSA) is 71.0 Å². The van der Waals surface area contributed by atoms with E-state index >= 15 is 0 Å². The highest BCUT2D eigenvalue weighted by Gasteiger charge is 2.37. The molecule has 1 aromatic carbocycles. The Morgan fingerprint density at radius 2 is 1.52 bits per heavy atom. The zero-order valence-corrected chi connectivity index (χ0v) is 24.1. The quantitative estimate of drug-likeness (QED) is 0.577. The molecule has 0 radical (unpaired) electrons. The highest BCUT2D eigenvalue weighted by atomic mass is 16.3. The molecule has 4 fully saturated rings. The smallest absolute Gasteiger partial charge is 0.172 e. The first kappa shape index (κ1) is 26.5. The lowest BCUT2D eigenvalue weighted by molar-refractivity contribution is 0.0574. The lowest BCUT2D eigenvalue weighted by atomic mass is 9.86. The van der Waals surface area contributed by atoms with E-state index in [2.05, 4.69) is 41.2 Å². The highest BCUT2D eigenvalue weighted by molar-refractivity contribution is 5.76. The van der Waals surface area contributed by atoms with Gasteiger partial charge in [0, 0.05) is 50.4 Å². The van der Waals surface area contributed by atoms with Gasteiger partial charge < -0.3 is 25.1 Å². The molecule has 8 nitrogen and oxygen atoms in total. The number of hydrogen-bond acceptors (Lipinski definition) is 8. The number of nitrogens with zero attached hydrogens (tertiary/aromatic N) is 6. The van der Waals surface area contributed by atoms with E-state index in [0.29, 0.717) is 6.04 Å². The Morgan fingerprint density at radius 3 is 2.30 bits per heavy atom. The van der Waals surface area contributed by atoms with Gasteiger partial charge in [0.1, 0.15) is 5.75 Å². The van der Waals surface area contributed by atoms with Gasteiger partial charge in [0.05, 0.1) is 17.4 Å². The molecular formula is C32H47N7O. The Hall–Kier alpha value is -2.42. The standard InChI is InChI=1S/C32H47N7O/c40-31-7-3-2-6-28(31)29-20-30-32(35-34-29)33-21-27-23-38(18-19-39(27)30)26-10-8-25(9-11-26)37-16-12-24(13-17-37)22-36-14-4-1-5-15-36/h2-3,6-7,20,24-27,40H,1,4-5,8-19,21-23H2,(H,33,35)/t25?,26?,27-/m0/s1. The lowest BCUT2D eigenvalue weighted by Crippen LogP contribution is -2.60. The molecule has 216 valence electrons. The average molecular weight is 546 g/mol. The molecule has 5 aliphatic rings. The molecule has 1 atom stereocenters.